The second kappa shape index (κ2) is 6.63. The van der Waals surface area contributed by atoms with Gasteiger partial charge in [0.25, 0.3) is 0 Å². The molecule has 1 aromatic rings. The molecule has 134 valence electrons. The molecule has 24 heavy (non-hydrogen) atoms. The van der Waals surface area contributed by atoms with E-state index in [9.17, 15) is 9.90 Å². The molecule has 0 unspecified atom stereocenters. The Morgan fingerprint density at radius 1 is 1.29 bits per heavy atom. The van der Waals surface area contributed by atoms with Crippen molar-refractivity contribution in [1.82, 2.24) is 0 Å². The van der Waals surface area contributed by atoms with E-state index in [4.69, 9.17) is 10.5 Å². The third kappa shape index (κ3) is 3.36. The van der Waals surface area contributed by atoms with Gasteiger partial charge in [0.2, 0.25) is 0 Å². The normalized spacial score (nSPS) is 17.9. The molecule has 0 bridgehead atoms. The van der Waals surface area contributed by atoms with Gasteiger partial charge in [-0.2, -0.15) is 0 Å². The molecule has 0 aromatic heterocycles. The predicted molar refractivity (Wildman–Crippen MR) is 97.6 cm³/mol. The van der Waals surface area contributed by atoms with Gasteiger partial charge in [0.15, 0.2) is 0 Å². The quantitative estimate of drug-likeness (QED) is 0.733. The van der Waals surface area contributed by atoms with Crippen molar-refractivity contribution in [2.45, 2.75) is 64.7 Å². The van der Waals surface area contributed by atoms with E-state index in [0.717, 1.165) is 24.0 Å². The predicted octanol–water partition coefficient (Wildman–Crippen LogP) is 3.72. The number of aliphatic hydroxyl groups is 1. The molecule has 0 saturated heterocycles. The lowest BCUT2D eigenvalue weighted by molar-refractivity contribution is 0.168. The molecular formula is C19H30N2O3. The van der Waals surface area contributed by atoms with Crippen LogP contribution in [0.3, 0.4) is 0 Å². The maximum atomic E-state index is 11.9. The summed E-state index contributed by atoms with van der Waals surface area (Å²) in [5.74, 6) is 0. The van der Waals surface area contributed by atoms with Gasteiger partial charge in [0.1, 0.15) is 0 Å². The summed E-state index contributed by atoms with van der Waals surface area (Å²) in [4.78, 5) is 11.9. The minimum absolute atomic E-state index is 0.0121. The Kier molecular flexibility index (Phi) is 5.14. The van der Waals surface area contributed by atoms with E-state index in [1.165, 1.54) is 5.56 Å². The highest BCUT2D eigenvalue weighted by molar-refractivity contribution is 5.88. The molecule has 1 aliphatic carbocycles. The second-order valence-corrected chi connectivity index (χ2v) is 7.83. The molecule has 5 nitrogen and oxygen atoms in total. The van der Waals surface area contributed by atoms with E-state index >= 15 is 0 Å². The van der Waals surface area contributed by atoms with Gasteiger partial charge < -0.3 is 15.6 Å². The minimum atomic E-state index is -0.496. The van der Waals surface area contributed by atoms with E-state index in [2.05, 4.69) is 33.0 Å². The molecule has 1 amide bonds. The average molecular weight is 334 g/mol. The van der Waals surface area contributed by atoms with Crippen LogP contribution in [-0.4, -0.2) is 24.4 Å². The summed E-state index contributed by atoms with van der Waals surface area (Å²) in [6.45, 7) is 10.9. The molecule has 0 radical (unpaired) electrons. The average Bonchev–Trinajstić information content (AvgIpc) is 2.47. The second-order valence-electron chi connectivity index (χ2n) is 7.83. The first-order valence-electron chi connectivity index (χ1n) is 8.65. The number of carbonyl (C=O) groups is 1. The van der Waals surface area contributed by atoms with Gasteiger partial charge in [-0.25, -0.2) is 4.79 Å². The summed E-state index contributed by atoms with van der Waals surface area (Å²) in [6, 6.07) is 2.02. The van der Waals surface area contributed by atoms with Gasteiger partial charge in [-0.3, -0.25) is 5.32 Å². The number of anilines is 2. The minimum Gasteiger partial charge on any atom is -0.450 e. The van der Waals surface area contributed by atoms with E-state index in [-0.39, 0.29) is 17.4 Å². The molecule has 0 atom stereocenters. The fourth-order valence-electron chi connectivity index (χ4n) is 3.66. The van der Waals surface area contributed by atoms with E-state index in [1.54, 1.807) is 6.92 Å². The molecule has 0 fully saturated rings. The number of fused-ring (bicyclic) bond motifs is 1. The summed E-state index contributed by atoms with van der Waals surface area (Å²) in [5, 5.41) is 12.2. The molecular weight excluding hydrogens is 304 g/mol. The van der Waals surface area contributed by atoms with Gasteiger partial charge >= 0.3 is 6.09 Å². The van der Waals surface area contributed by atoms with Crippen molar-refractivity contribution in [2.24, 2.45) is 0 Å². The molecule has 0 heterocycles. The number of nitrogen functional groups attached to an aromatic ring is 1. The van der Waals surface area contributed by atoms with Crippen molar-refractivity contribution in [3.05, 3.63) is 22.8 Å². The number of nitrogens with one attached hydrogen (secondary N) is 1. The lowest BCUT2D eigenvalue weighted by Gasteiger charge is -2.43. The Hall–Kier alpha value is -1.75. The lowest BCUT2D eigenvalue weighted by Crippen LogP contribution is -2.35. The first-order chi connectivity index (χ1) is 11.1. The molecule has 5 heteroatoms. The highest BCUT2D eigenvalue weighted by Gasteiger charge is 2.39. The van der Waals surface area contributed by atoms with Crippen LogP contribution in [0.25, 0.3) is 0 Å². The molecule has 0 saturated carbocycles. The van der Waals surface area contributed by atoms with Gasteiger partial charge in [-0.15, -0.1) is 0 Å². The first kappa shape index (κ1) is 18.6. The monoisotopic (exact) mass is 334 g/mol. The van der Waals surface area contributed by atoms with Crippen molar-refractivity contribution >= 4 is 17.5 Å². The summed E-state index contributed by atoms with van der Waals surface area (Å²) in [5.41, 5.74) is 10.9. The van der Waals surface area contributed by atoms with Gasteiger partial charge in [-0.05, 0) is 54.2 Å². The molecule has 1 aliphatic rings. The highest BCUT2D eigenvalue weighted by atomic mass is 16.5. The Labute approximate surface area is 144 Å². The maximum absolute atomic E-state index is 11.9. The Morgan fingerprint density at radius 2 is 1.92 bits per heavy atom. The lowest BCUT2D eigenvalue weighted by atomic mass is 9.62. The number of nitrogens with two attached hydrogens (primary N) is 1. The van der Waals surface area contributed by atoms with Gasteiger partial charge in [-0.1, -0.05) is 27.7 Å². The zero-order valence-corrected chi connectivity index (χ0v) is 15.5. The summed E-state index contributed by atoms with van der Waals surface area (Å²) >= 11 is 0. The first-order valence-corrected chi connectivity index (χ1v) is 8.65. The van der Waals surface area contributed by atoms with Crippen molar-refractivity contribution < 1.29 is 14.6 Å². The van der Waals surface area contributed by atoms with Crippen LogP contribution in [0.5, 0.6) is 0 Å². The number of rotatable bonds is 4. The zero-order chi connectivity index (χ0) is 18.1. The van der Waals surface area contributed by atoms with E-state index < -0.39 is 6.09 Å². The van der Waals surface area contributed by atoms with E-state index in [1.807, 2.05) is 6.07 Å². The molecule has 4 N–H and O–H groups in total. The van der Waals surface area contributed by atoms with E-state index in [0.29, 0.717) is 24.4 Å². The Morgan fingerprint density at radius 3 is 2.50 bits per heavy atom. The van der Waals surface area contributed by atoms with Crippen molar-refractivity contribution in [1.29, 1.82) is 0 Å². The van der Waals surface area contributed by atoms with Crippen LogP contribution in [0, 0.1) is 0 Å². The van der Waals surface area contributed by atoms with Crippen LogP contribution in [0.1, 0.15) is 64.2 Å². The van der Waals surface area contributed by atoms with Crippen LogP contribution in [0.2, 0.25) is 0 Å². The molecule has 0 aliphatic heterocycles. The number of amides is 1. The van der Waals surface area contributed by atoms with Crippen molar-refractivity contribution in [3.8, 4) is 0 Å². The third-order valence-electron chi connectivity index (χ3n) is 5.13. The molecule has 1 aromatic carbocycles. The summed E-state index contributed by atoms with van der Waals surface area (Å²) in [7, 11) is 0. The third-order valence-corrected chi connectivity index (χ3v) is 5.13. The van der Waals surface area contributed by atoms with Crippen molar-refractivity contribution in [2.75, 3.05) is 24.3 Å². The SMILES string of the molecule is CCOC(=O)Nc1cc2c(c(N)c1CCO)C(C)(C)CCC2(C)C. The Bertz CT molecular complexity index is 636. The molecule has 0 spiro atoms. The van der Waals surface area contributed by atoms with Crippen LogP contribution in [0.4, 0.5) is 16.2 Å². The fraction of sp³-hybridized carbons (Fsp3) is 0.632. The highest BCUT2D eigenvalue weighted by Crippen LogP contribution is 2.50. The van der Waals surface area contributed by atoms with Crippen LogP contribution < -0.4 is 11.1 Å². The van der Waals surface area contributed by atoms with Crippen molar-refractivity contribution in [3.63, 3.8) is 0 Å². The van der Waals surface area contributed by atoms with Gasteiger partial charge in [0.05, 0.1) is 6.61 Å². The number of benzene rings is 1. The zero-order valence-electron chi connectivity index (χ0n) is 15.5. The summed E-state index contributed by atoms with van der Waals surface area (Å²) < 4.78 is 5.00. The van der Waals surface area contributed by atoms with Crippen LogP contribution >= 0.6 is 0 Å². The Balaban J connectivity index is 2.64. The number of ether oxygens (including phenoxy) is 1. The van der Waals surface area contributed by atoms with Crippen LogP contribution in [0.15, 0.2) is 6.07 Å². The number of aliphatic hydroxyl groups excluding tert-OH is 1. The number of hydrogen-bond donors (Lipinski definition) is 3. The standard InChI is InChI=1S/C19H30N2O3/c1-6-24-17(23)21-14-11-13-15(16(20)12(14)7-10-22)19(4,5)9-8-18(13,2)3/h11,22H,6-10,20H2,1-5H3,(H,21,23). The maximum Gasteiger partial charge on any atom is 0.411 e. The molecule has 2 rings (SSSR count). The van der Waals surface area contributed by atoms with Gasteiger partial charge in [0, 0.05) is 23.5 Å². The largest absolute Gasteiger partial charge is 0.450 e. The summed E-state index contributed by atoms with van der Waals surface area (Å²) in [6.07, 6.45) is 2.02. The fourth-order valence-corrected chi connectivity index (χ4v) is 3.66. The number of hydrogen-bond acceptors (Lipinski definition) is 4. The topological polar surface area (TPSA) is 84.6 Å². The van der Waals surface area contributed by atoms with Crippen LogP contribution in [-0.2, 0) is 22.0 Å². The smallest absolute Gasteiger partial charge is 0.411 e. The number of carbonyl (C=O) groups excluding carboxylic acids is 1.